The molecule has 0 heterocycles. The summed E-state index contributed by atoms with van der Waals surface area (Å²) in [6, 6.07) is -0.149. The summed E-state index contributed by atoms with van der Waals surface area (Å²) in [5.74, 6) is 3.97. The summed E-state index contributed by atoms with van der Waals surface area (Å²) in [6.45, 7) is 5.42. The van der Waals surface area contributed by atoms with Crippen LogP contribution in [0.1, 0.15) is 33.1 Å². The molecule has 16 heavy (non-hydrogen) atoms. The van der Waals surface area contributed by atoms with Crippen molar-refractivity contribution < 1.29 is 4.79 Å². The molecule has 0 aromatic rings. The molecule has 3 heteroatoms. The Bertz CT molecular complexity index is 270. The second-order valence-electron chi connectivity index (χ2n) is 4.84. The van der Waals surface area contributed by atoms with Crippen LogP contribution in [0.3, 0.4) is 0 Å². The van der Waals surface area contributed by atoms with Gasteiger partial charge in [0.1, 0.15) is 0 Å². The lowest BCUT2D eigenvalue weighted by atomic mass is 10.1. The van der Waals surface area contributed by atoms with E-state index in [2.05, 4.69) is 23.5 Å². The number of hydrogen-bond acceptors (Lipinski definition) is 2. The highest BCUT2D eigenvalue weighted by Gasteiger charge is 2.22. The summed E-state index contributed by atoms with van der Waals surface area (Å²) in [5, 5.41) is 5.95. The van der Waals surface area contributed by atoms with E-state index in [9.17, 15) is 4.79 Å². The molecular weight excluding hydrogens is 200 g/mol. The number of hydrogen-bond donors (Lipinski definition) is 2. The zero-order valence-corrected chi connectivity index (χ0v) is 10.3. The summed E-state index contributed by atoms with van der Waals surface area (Å²) in [4.78, 5) is 11.5. The summed E-state index contributed by atoms with van der Waals surface area (Å²) in [5.41, 5.74) is 0. The molecular formula is C13H22N2O. The maximum atomic E-state index is 11.5. The Kier molecular flexibility index (Phi) is 5.34. The van der Waals surface area contributed by atoms with Gasteiger partial charge in [-0.3, -0.25) is 4.79 Å². The highest BCUT2D eigenvalue weighted by molar-refractivity contribution is 5.81. The first-order valence-corrected chi connectivity index (χ1v) is 6.08. The Balaban J connectivity index is 2.17. The largest absolute Gasteiger partial charge is 0.344 e. The first-order chi connectivity index (χ1) is 7.63. The van der Waals surface area contributed by atoms with Gasteiger partial charge in [-0.1, -0.05) is 19.3 Å². The van der Waals surface area contributed by atoms with E-state index in [1.165, 1.54) is 19.3 Å². The van der Waals surface area contributed by atoms with E-state index in [1.807, 2.05) is 6.92 Å². The molecule has 1 fully saturated rings. The zero-order chi connectivity index (χ0) is 12.0. The lowest BCUT2D eigenvalue weighted by molar-refractivity contribution is -0.122. The summed E-state index contributed by atoms with van der Waals surface area (Å²) in [6.07, 6.45) is 8.97. The third kappa shape index (κ3) is 4.24. The van der Waals surface area contributed by atoms with Crippen molar-refractivity contribution in [2.75, 3.05) is 13.1 Å². The van der Waals surface area contributed by atoms with E-state index in [1.54, 1.807) is 0 Å². The van der Waals surface area contributed by atoms with E-state index in [-0.39, 0.29) is 11.9 Å². The molecule has 1 aliphatic rings. The second-order valence-corrected chi connectivity index (χ2v) is 4.84. The molecule has 1 saturated carbocycles. The maximum absolute atomic E-state index is 11.5. The van der Waals surface area contributed by atoms with Gasteiger partial charge >= 0.3 is 0 Å². The van der Waals surface area contributed by atoms with Crippen molar-refractivity contribution in [3.8, 4) is 12.3 Å². The lowest BCUT2D eigenvalue weighted by Crippen LogP contribution is -2.43. The molecule has 0 spiro atoms. The fourth-order valence-electron chi connectivity index (χ4n) is 2.24. The quantitative estimate of drug-likeness (QED) is 0.685. The highest BCUT2D eigenvalue weighted by Crippen LogP contribution is 2.29. The smallest absolute Gasteiger partial charge is 0.237 e. The molecule has 0 saturated heterocycles. The number of amides is 1. The van der Waals surface area contributed by atoms with E-state index in [0.717, 1.165) is 18.4 Å². The normalized spacial score (nSPS) is 26.1. The van der Waals surface area contributed by atoms with Crippen molar-refractivity contribution in [3.63, 3.8) is 0 Å². The summed E-state index contributed by atoms with van der Waals surface area (Å²) in [7, 11) is 0. The molecule has 90 valence electrons. The molecule has 0 aromatic carbocycles. The van der Waals surface area contributed by atoms with Gasteiger partial charge in [0.2, 0.25) is 5.91 Å². The van der Waals surface area contributed by atoms with Crippen LogP contribution in [-0.2, 0) is 4.79 Å². The van der Waals surface area contributed by atoms with Crippen LogP contribution >= 0.6 is 0 Å². The van der Waals surface area contributed by atoms with Crippen molar-refractivity contribution in [1.82, 2.24) is 10.6 Å². The van der Waals surface area contributed by atoms with Crippen molar-refractivity contribution in [1.29, 1.82) is 0 Å². The fourth-order valence-corrected chi connectivity index (χ4v) is 2.24. The minimum absolute atomic E-state index is 0.0102. The van der Waals surface area contributed by atoms with Gasteiger partial charge in [-0.2, -0.15) is 0 Å². The van der Waals surface area contributed by atoms with E-state index >= 15 is 0 Å². The summed E-state index contributed by atoms with van der Waals surface area (Å²) >= 11 is 0. The SMILES string of the molecule is C#CCNC(=O)C(C)NCC1CCC(C)C1. The van der Waals surface area contributed by atoms with Gasteiger partial charge < -0.3 is 10.6 Å². The zero-order valence-electron chi connectivity index (χ0n) is 10.3. The predicted octanol–water partition coefficient (Wildman–Crippen LogP) is 1.15. The van der Waals surface area contributed by atoms with Crippen LogP contribution in [-0.4, -0.2) is 25.0 Å². The number of terminal acetylenes is 1. The third-order valence-corrected chi connectivity index (χ3v) is 3.27. The average Bonchev–Trinajstić information content (AvgIpc) is 2.68. The Morgan fingerprint density at radius 3 is 2.88 bits per heavy atom. The van der Waals surface area contributed by atoms with E-state index < -0.39 is 0 Å². The van der Waals surface area contributed by atoms with Gasteiger partial charge in [0.15, 0.2) is 0 Å². The minimum Gasteiger partial charge on any atom is -0.344 e. The van der Waals surface area contributed by atoms with Gasteiger partial charge in [0.25, 0.3) is 0 Å². The third-order valence-electron chi connectivity index (χ3n) is 3.27. The van der Waals surface area contributed by atoms with Gasteiger partial charge in [0, 0.05) is 0 Å². The van der Waals surface area contributed by atoms with Gasteiger partial charge in [-0.25, -0.2) is 0 Å². The molecule has 2 N–H and O–H groups in total. The van der Waals surface area contributed by atoms with Gasteiger partial charge in [-0.05, 0) is 38.1 Å². The van der Waals surface area contributed by atoms with Crippen LogP contribution in [0.4, 0.5) is 0 Å². The van der Waals surface area contributed by atoms with Crippen LogP contribution in [0.5, 0.6) is 0 Å². The number of carbonyl (C=O) groups is 1. The first-order valence-electron chi connectivity index (χ1n) is 6.08. The van der Waals surface area contributed by atoms with E-state index in [0.29, 0.717) is 6.54 Å². The van der Waals surface area contributed by atoms with Gasteiger partial charge in [0.05, 0.1) is 12.6 Å². The highest BCUT2D eigenvalue weighted by atomic mass is 16.2. The van der Waals surface area contributed by atoms with Crippen LogP contribution in [0.2, 0.25) is 0 Å². The molecule has 0 aromatic heterocycles. The Hall–Kier alpha value is -1.01. The molecule has 1 amide bonds. The number of nitrogens with one attached hydrogen (secondary N) is 2. The molecule has 3 nitrogen and oxygen atoms in total. The molecule has 3 unspecified atom stereocenters. The average molecular weight is 222 g/mol. The molecule has 1 aliphatic carbocycles. The van der Waals surface area contributed by atoms with E-state index in [4.69, 9.17) is 6.42 Å². The monoisotopic (exact) mass is 222 g/mol. The predicted molar refractivity (Wildman–Crippen MR) is 65.8 cm³/mol. The number of carbonyl (C=O) groups excluding carboxylic acids is 1. The molecule has 0 radical (unpaired) electrons. The Morgan fingerprint density at radius 1 is 1.56 bits per heavy atom. The molecule has 0 bridgehead atoms. The fraction of sp³-hybridized carbons (Fsp3) is 0.769. The van der Waals surface area contributed by atoms with Crippen LogP contribution in [0.25, 0.3) is 0 Å². The second kappa shape index (κ2) is 6.55. The minimum atomic E-state index is -0.149. The van der Waals surface area contributed by atoms with Gasteiger partial charge in [-0.15, -0.1) is 6.42 Å². The van der Waals surface area contributed by atoms with Crippen LogP contribution in [0.15, 0.2) is 0 Å². The Morgan fingerprint density at radius 2 is 2.31 bits per heavy atom. The Labute approximate surface area is 98.4 Å². The van der Waals surface area contributed by atoms with Crippen LogP contribution in [0, 0.1) is 24.2 Å². The topological polar surface area (TPSA) is 41.1 Å². The molecule has 0 aliphatic heterocycles. The molecule has 3 atom stereocenters. The van der Waals surface area contributed by atoms with Crippen molar-refractivity contribution in [3.05, 3.63) is 0 Å². The van der Waals surface area contributed by atoms with Crippen molar-refractivity contribution in [2.45, 2.75) is 39.2 Å². The standard InChI is InChI=1S/C13H22N2O/c1-4-7-14-13(16)11(3)15-9-12-6-5-10(2)8-12/h1,10-12,15H,5-9H2,2-3H3,(H,14,16). The lowest BCUT2D eigenvalue weighted by Gasteiger charge is -2.16. The summed E-state index contributed by atoms with van der Waals surface area (Å²) < 4.78 is 0. The maximum Gasteiger partial charge on any atom is 0.237 e. The van der Waals surface area contributed by atoms with Crippen molar-refractivity contribution >= 4 is 5.91 Å². The molecule has 1 rings (SSSR count). The number of rotatable bonds is 5. The first kappa shape index (κ1) is 13.1. The van der Waals surface area contributed by atoms with Crippen LogP contribution < -0.4 is 10.6 Å². The van der Waals surface area contributed by atoms with Crippen molar-refractivity contribution in [2.24, 2.45) is 11.8 Å².